The maximum Gasteiger partial charge on any atom is 0.248 e. The maximum atomic E-state index is 12.4. The maximum absolute atomic E-state index is 12.4. The van der Waals surface area contributed by atoms with Gasteiger partial charge in [-0.25, -0.2) is 0 Å². The number of nitrogens with two attached hydrogens (primary N) is 1. The van der Waals surface area contributed by atoms with Gasteiger partial charge < -0.3 is 16.0 Å². The molecule has 0 saturated carbocycles. The van der Waals surface area contributed by atoms with Crippen LogP contribution >= 0.6 is 34.9 Å². The van der Waals surface area contributed by atoms with Crippen LogP contribution in [0.2, 0.25) is 0 Å². The fourth-order valence-corrected chi connectivity index (χ4v) is 5.33. The summed E-state index contributed by atoms with van der Waals surface area (Å²) in [7, 11) is 0. The van der Waals surface area contributed by atoms with Crippen molar-refractivity contribution >= 4 is 58.3 Å². The molecule has 1 aromatic heterocycles. The number of amides is 3. The zero-order valence-electron chi connectivity index (χ0n) is 16.4. The van der Waals surface area contributed by atoms with Gasteiger partial charge in [0.2, 0.25) is 17.7 Å². The first kappa shape index (κ1) is 23.2. The minimum absolute atomic E-state index is 0.0690. The Morgan fingerprint density at radius 1 is 1.14 bits per heavy atom. The first-order valence-corrected chi connectivity index (χ1v) is 11.6. The highest BCUT2D eigenvalue weighted by atomic mass is 32.2. The summed E-state index contributed by atoms with van der Waals surface area (Å²) in [5.74, 6) is -0.323. The molecule has 0 spiro atoms. The van der Waals surface area contributed by atoms with Crippen molar-refractivity contribution in [3.05, 3.63) is 29.8 Å². The molecule has 0 aliphatic heterocycles. The lowest BCUT2D eigenvalue weighted by Crippen LogP contribution is -2.31. The lowest BCUT2D eigenvalue weighted by atomic mass is 10.2. The van der Waals surface area contributed by atoms with E-state index in [9.17, 15) is 14.4 Å². The smallest absolute Gasteiger partial charge is 0.248 e. The van der Waals surface area contributed by atoms with Crippen LogP contribution in [0.5, 0.6) is 0 Å². The highest BCUT2D eigenvalue weighted by Crippen LogP contribution is 2.31. The average molecular weight is 454 g/mol. The van der Waals surface area contributed by atoms with Crippen LogP contribution in [-0.4, -0.2) is 56.9 Å². The molecule has 2 rings (SSSR count). The average Bonchev–Trinajstić information content (AvgIpc) is 3.15. The molecule has 11 heteroatoms. The molecule has 3 amide bonds. The van der Waals surface area contributed by atoms with Gasteiger partial charge in [0.15, 0.2) is 8.68 Å². The molecular weight excluding hydrogens is 430 g/mol. The Morgan fingerprint density at radius 3 is 2.34 bits per heavy atom. The van der Waals surface area contributed by atoms with Crippen LogP contribution in [0.15, 0.2) is 32.9 Å². The molecule has 3 N–H and O–H groups in total. The second-order valence-electron chi connectivity index (χ2n) is 5.88. The van der Waals surface area contributed by atoms with Crippen molar-refractivity contribution in [2.24, 2.45) is 5.73 Å². The number of primary amides is 1. The second-order valence-corrected chi connectivity index (χ2v) is 9.67. The van der Waals surface area contributed by atoms with E-state index in [4.69, 9.17) is 5.73 Å². The van der Waals surface area contributed by atoms with Crippen LogP contribution in [0.25, 0.3) is 0 Å². The topological polar surface area (TPSA) is 118 Å². The van der Waals surface area contributed by atoms with Crippen LogP contribution in [0.3, 0.4) is 0 Å². The highest BCUT2D eigenvalue weighted by Gasteiger charge is 2.18. The monoisotopic (exact) mass is 453 g/mol. The molecule has 0 bridgehead atoms. The number of rotatable bonds is 10. The number of hydrogen-bond donors (Lipinski definition) is 2. The van der Waals surface area contributed by atoms with Crippen molar-refractivity contribution in [2.75, 3.05) is 24.2 Å². The Hall–Kier alpha value is -2.11. The fraction of sp³-hybridized carbons (Fsp3) is 0.389. The molecule has 0 aliphatic carbocycles. The van der Waals surface area contributed by atoms with Crippen molar-refractivity contribution in [3.63, 3.8) is 0 Å². The molecule has 1 unspecified atom stereocenters. The Morgan fingerprint density at radius 2 is 1.76 bits per heavy atom. The van der Waals surface area contributed by atoms with E-state index in [1.165, 1.54) is 34.9 Å². The minimum atomic E-state index is -0.518. The summed E-state index contributed by atoms with van der Waals surface area (Å²) in [6, 6.07) is 6.37. The van der Waals surface area contributed by atoms with Gasteiger partial charge in [-0.3, -0.25) is 14.4 Å². The predicted molar refractivity (Wildman–Crippen MR) is 117 cm³/mol. The summed E-state index contributed by atoms with van der Waals surface area (Å²) in [6.45, 7) is 7.04. The van der Waals surface area contributed by atoms with E-state index in [2.05, 4.69) is 15.5 Å². The Bertz CT molecular complexity index is 853. The zero-order valence-corrected chi connectivity index (χ0v) is 18.8. The summed E-state index contributed by atoms with van der Waals surface area (Å²) < 4.78 is 1.36. The zero-order chi connectivity index (χ0) is 21.4. The molecule has 8 nitrogen and oxygen atoms in total. The van der Waals surface area contributed by atoms with Crippen molar-refractivity contribution < 1.29 is 14.4 Å². The van der Waals surface area contributed by atoms with Gasteiger partial charge in [-0.1, -0.05) is 34.9 Å². The molecule has 156 valence electrons. The minimum Gasteiger partial charge on any atom is -0.366 e. The largest absolute Gasteiger partial charge is 0.366 e. The lowest BCUT2D eigenvalue weighted by Gasteiger charge is -2.17. The first-order valence-electron chi connectivity index (χ1n) is 8.95. The molecule has 0 fully saturated rings. The number of carbonyl (C=O) groups is 3. The van der Waals surface area contributed by atoms with Crippen molar-refractivity contribution in [1.29, 1.82) is 0 Å². The quantitative estimate of drug-likeness (QED) is 0.531. The van der Waals surface area contributed by atoms with Crippen LogP contribution < -0.4 is 11.1 Å². The van der Waals surface area contributed by atoms with Gasteiger partial charge in [0.25, 0.3) is 0 Å². The SMILES string of the molecule is CCN(CC)C(=O)CSc1nnc(SC(C)C(=O)Nc2ccc(C(N)=O)cc2)s1. The summed E-state index contributed by atoms with van der Waals surface area (Å²) >= 11 is 4.01. The van der Waals surface area contributed by atoms with Crippen LogP contribution in [0, 0.1) is 0 Å². The standard InChI is InChI=1S/C18H23N5O3S3/c1-4-23(5-2)14(24)10-27-17-21-22-18(29-17)28-11(3)16(26)20-13-8-6-12(7-9-13)15(19)25/h6-9,11H,4-5,10H2,1-3H3,(H2,19,25)(H,20,26). The highest BCUT2D eigenvalue weighted by molar-refractivity contribution is 8.04. The van der Waals surface area contributed by atoms with Gasteiger partial charge in [0, 0.05) is 24.3 Å². The van der Waals surface area contributed by atoms with Crippen molar-refractivity contribution in [3.8, 4) is 0 Å². The summed E-state index contributed by atoms with van der Waals surface area (Å²) in [4.78, 5) is 37.3. The van der Waals surface area contributed by atoms with Gasteiger partial charge in [-0.2, -0.15) is 0 Å². The van der Waals surface area contributed by atoms with Crippen molar-refractivity contribution in [2.45, 2.75) is 34.7 Å². The van der Waals surface area contributed by atoms with Gasteiger partial charge in [-0.15, -0.1) is 10.2 Å². The molecular formula is C18H23N5O3S3. The summed E-state index contributed by atoms with van der Waals surface area (Å²) in [6.07, 6.45) is 0. The Balaban J connectivity index is 1.85. The predicted octanol–water partition coefficient (Wildman–Crippen LogP) is 2.72. The molecule has 1 heterocycles. The number of nitrogens with zero attached hydrogens (tertiary/aromatic N) is 3. The molecule has 1 atom stereocenters. The third kappa shape index (κ3) is 7.02. The number of nitrogens with one attached hydrogen (secondary N) is 1. The molecule has 2 aromatic rings. The van der Waals surface area contributed by atoms with E-state index in [0.717, 1.165) is 0 Å². The number of hydrogen-bond acceptors (Lipinski definition) is 8. The molecule has 0 radical (unpaired) electrons. The third-order valence-electron chi connectivity index (χ3n) is 3.91. The lowest BCUT2D eigenvalue weighted by molar-refractivity contribution is -0.128. The van der Waals surface area contributed by atoms with E-state index in [-0.39, 0.29) is 11.8 Å². The van der Waals surface area contributed by atoms with Crippen LogP contribution in [-0.2, 0) is 9.59 Å². The van der Waals surface area contributed by atoms with E-state index >= 15 is 0 Å². The van der Waals surface area contributed by atoms with E-state index in [0.29, 0.717) is 38.8 Å². The second kappa shape index (κ2) is 11.2. The fourth-order valence-electron chi connectivity index (χ4n) is 2.26. The van der Waals surface area contributed by atoms with E-state index < -0.39 is 11.2 Å². The van der Waals surface area contributed by atoms with Gasteiger partial charge in [0.1, 0.15) is 0 Å². The van der Waals surface area contributed by atoms with E-state index in [1.807, 2.05) is 13.8 Å². The summed E-state index contributed by atoms with van der Waals surface area (Å²) in [5.41, 5.74) is 6.16. The summed E-state index contributed by atoms with van der Waals surface area (Å²) in [5, 5.41) is 10.6. The molecule has 1 aromatic carbocycles. The first-order chi connectivity index (χ1) is 13.8. The van der Waals surface area contributed by atoms with Gasteiger partial charge in [-0.05, 0) is 45.0 Å². The van der Waals surface area contributed by atoms with Gasteiger partial charge in [0.05, 0.1) is 11.0 Å². The molecule has 29 heavy (non-hydrogen) atoms. The Kier molecular flexibility index (Phi) is 8.93. The number of thioether (sulfide) groups is 2. The molecule has 0 saturated heterocycles. The van der Waals surface area contributed by atoms with Crippen LogP contribution in [0.1, 0.15) is 31.1 Å². The Labute approximate surface area is 182 Å². The number of benzene rings is 1. The van der Waals surface area contributed by atoms with E-state index in [1.54, 1.807) is 36.1 Å². The normalized spacial score (nSPS) is 11.7. The molecule has 0 aliphatic rings. The third-order valence-corrected chi connectivity index (χ3v) is 7.13. The van der Waals surface area contributed by atoms with Gasteiger partial charge >= 0.3 is 0 Å². The van der Waals surface area contributed by atoms with Crippen molar-refractivity contribution in [1.82, 2.24) is 15.1 Å². The number of carbonyl (C=O) groups excluding carboxylic acids is 3. The van der Waals surface area contributed by atoms with Crippen LogP contribution in [0.4, 0.5) is 5.69 Å². The number of aromatic nitrogens is 2. The number of anilines is 1.